The second-order valence-corrected chi connectivity index (χ2v) is 6.12. The zero-order valence-electron chi connectivity index (χ0n) is 11.0. The van der Waals surface area contributed by atoms with E-state index in [4.69, 9.17) is 4.42 Å². The van der Waals surface area contributed by atoms with E-state index in [2.05, 4.69) is 13.8 Å². The minimum absolute atomic E-state index is 0.498. The third-order valence-corrected chi connectivity index (χ3v) is 3.84. The lowest BCUT2D eigenvalue weighted by molar-refractivity contribution is -0.0190. The van der Waals surface area contributed by atoms with Crippen LogP contribution in [-0.4, -0.2) is 10.7 Å². The SMILES string of the molecule is CC(C)CC1CCCC(O)(Cc2ccoc2)C1. The molecule has 1 fully saturated rings. The molecule has 2 heteroatoms. The standard InChI is InChI=1S/C15H24O2/c1-12(2)8-13-4-3-6-15(16,9-13)10-14-5-7-17-11-14/h5,7,11-13,16H,3-4,6,8-10H2,1-2H3. The molecule has 2 unspecified atom stereocenters. The van der Waals surface area contributed by atoms with Crippen LogP contribution in [0.5, 0.6) is 0 Å². The first-order valence-corrected chi connectivity index (χ1v) is 6.81. The van der Waals surface area contributed by atoms with Crippen molar-refractivity contribution in [1.82, 2.24) is 0 Å². The summed E-state index contributed by atoms with van der Waals surface area (Å²) in [4.78, 5) is 0. The molecule has 2 nitrogen and oxygen atoms in total. The molecule has 1 aliphatic carbocycles. The lowest BCUT2D eigenvalue weighted by Crippen LogP contribution is -2.37. The van der Waals surface area contributed by atoms with Crippen LogP contribution in [0.4, 0.5) is 0 Å². The lowest BCUT2D eigenvalue weighted by atomic mass is 9.73. The van der Waals surface area contributed by atoms with E-state index in [1.807, 2.05) is 6.07 Å². The molecule has 1 aromatic heterocycles. The maximum absolute atomic E-state index is 10.7. The van der Waals surface area contributed by atoms with Gasteiger partial charge in [-0.3, -0.25) is 0 Å². The molecule has 1 heterocycles. The molecular formula is C15H24O2. The van der Waals surface area contributed by atoms with Gasteiger partial charge in [-0.2, -0.15) is 0 Å². The molecule has 0 radical (unpaired) electrons. The minimum Gasteiger partial charge on any atom is -0.472 e. The third kappa shape index (κ3) is 3.60. The van der Waals surface area contributed by atoms with Gasteiger partial charge in [-0.05, 0) is 42.7 Å². The van der Waals surface area contributed by atoms with Crippen LogP contribution < -0.4 is 0 Å². The zero-order chi connectivity index (χ0) is 12.3. The topological polar surface area (TPSA) is 33.4 Å². The van der Waals surface area contributed by atoms with Gasteiger partial charge in [0, 0.05) is 6.42 Å². The Morgan fingerprint density at radius 1 is 1.53 bits per heavy atom. The number of hydrogen-bond acceptors (Lipinski definition) is 2. The molecule has 96 valence electrons. The number of rotatable bonds is 4. The molecule has 1 aromatic rings. The van der Waals surface area contributed by atoms with Crippen molar-refractivity contribution in [2.75, 3.05) is 0 Å². The summed E-state index contributed by atoms with van der Waals surface area (Å²) in [6.45, 7) is 4.54. The van der Waals surface area contributed by atoms with Crippen molar-refractivity contribution in [3.63, 3.8) is 0 Å². The Kier molecular flexibility index (Phi) is 3.93. The summed E-state index contributed by atoms with van der Waals surface area (Å²) in [6.07, 6.45) is 9.77. The molecule has 0 aromatic carbocycles. The van der Waals surface area contributed by atoms with E-state index in [9.17, 15) is 5.11 Å². The van der Waals surface area contributed by atoms with Crippen molar-refractivity contribution in [2.45, 2.75) is 58.0 Å². The Morgan fingerprint density at radius 2 is 2.35 bits per heavy atom. The van der Waals surface area contributed by atoms with Crippen LogP contribution in [0.2, 0.25) is 0 Å². The predicted octanol–water partition coefficient (Wildman–Crippen LogP) is 3.79. The van der Waals surface area contributed by atoms with Crippen molar-refractivity contribution in [3.8, 4) is 0 Å². The Balaban J connectivity index is 1.94. The van der Waals surface area contributed by atoms with Gasteiger partial charge in [0.1, 0.15) is 0 Å². The predicted molar refractivity (Wildman–Crippen MR) is 68.8 cm³/mol. The fourth-order valence-electron chi connectivity index (χ4n) is 3.26. The maximum atomic E-state index is 10.7. The van der Waals surface area contributed by atoms with Crippen molar-refractivity contribution in [2.24, 2.45) is 11.8 Å². The Bertz CT molecular complexity index is 329. The van der Waals surface area contributed by atoms with Crippen LogP contribution in [0.15, 0.2) is 23.0 Å². The Labute approximate surface area is 104 Å². The average molecular weight is 236 g/mol. The molecule has 1 aliphatic rings. The van der Waals surface area contributed by atoms with Gasteiger partial charge in [0.2, 0.25) is 0 Å². The first kappa shape index (κ1) is 12.7. The average Bonchev–Trinajstić information content (AvgIpc) is 2.68. The van der Waals surface area contributed by atoms with Gasteiger partial charge in [0.25, 0.3) is 0 Å². The first-order valence-electron chi connectivity index (χ1n) is 6.81. The molecular weight excluding hydrogens is 212 g/mol. The van der Waals surface area contributed by atoms with Crippen molar-refractivity contribution in [1.29, 1.82) is 0 Å². The van der Waals surface area contributed by atoms with E-state index in [1.54, 1.807) is 12.5 Å². The minimum atomic E-state index is -0.498. The van der Waals surface area contributed by atoms with E-state index in [1.165, 1.54) is 12.8 Å². The van der Waals surface area contributed by atoms with Gasteiger partial charge in [0.15, 0.2) is 0 Å². The fraction of sp³-hybridized carbons (Fsp3) is 0.733. The van der Waals surface area contributed by atoms with E-state index in [0.29, 0.717) is 5.92 Å². The number of aliphatic hydroxyl groups is 1. The normalized spacial score (nSPS) is 29.8. The van der Waals surface area contributed by atoms with Crippen LogP contribution in [-0.2, 0) is 6.42 Å². The molecule has 0 spiro atoms. The monoisotopic (exact) mass is 236 g/mol. The van der Waals surface area contributed by atoms with E-state index in [0.717, 1.165) is 37.2 Å². The van der Waals surface area contributed by atoms with Gasteiger partial charge in [-0.25, -0.2) is 0 Å². The highest BCUT2D eigenvalue weighted by Crippen LogP contribution is 2.37. The highest BCUT2D eigenvalue weighted by molar-refractivity contribution is 5.10. The molecule has 1 saturated carbocycles. The summed E-state index contributed by atoms with van der Waals surface area (Å²) >= 11 is 0. The van der Waals surface area contributed by atoms with Gasteiger partial charge < -0.3 is 9.52 Å². The van der Waals surface area contributed by atoms with Crippen molar-refractivity contribution in [3.05, 3.63) is 24.2 Å². The van der Waals surface area contributed by atoms with Gasteiger partial charge >= 0.3 is 0 Å². The van der Waals surface area contributed by atoms with Crippen molar-refractivity contribution < 1.29 is 9.52 Å². The van der Waals surface area contributed by atoms with E-state index >= 15 is 0 Å². The summed E-state index contributed by atoms with van der Waals surface area (Å²) < 4.78 is 5.08. The molecule has 0 saturated heterocycles. The Morgan fingerprint density at radius 3 is 3.00 bits per heavy atom. The summed E-state index contributed by atoms with van der Waals surface area (Å²) in [5.74, 6) is 1.43. The Hall–Kier alpha value is -0.760. The molecule has 0 bridgehead atoms. The van der Waals surface area contributed by atoms with E-state index < -0.39 is 5.60 Å². The molecule has 2 atom stereocenters. The largest absolute Gasteiger partial charge is 0.472 e. The fourth-order valence-corrected chi connectivity index (χ4v) is 3.26. The van der Waals surface area contributed by atoms with Gasteiger partial charge in [-0.15, -0.1) is 0 Å². The second-order valence-electron chi connectivity index (χ2n) is 6.12. The van der Waals surface area contributed by atoms with Gasteiger partial charge in [-0.1, -0.05) is 26.7 Å². The molecule has 1 N–H and O–H groups in total. The van der Waals surface area contributed by atoms with Crippen LogP contribution >= 0.6 is 0 Å². The van der Waals surface area contributed by atoms with Crippen LogP contribution in [0.1, 0.15) is 51.5 Å². The first-order chi connectivity index (χ1) is 8.07. The molecule has 0 amide bonds. The molecule has 2 rings (SSSR count). The lowest BCUT2D eigenvalue weighted by Gasteiger charge is -2.37. The summed E-state index contributed by atoms with van der Waals surface area (Å²) in [6, 6.07) is 1.96. The smallest absolute Gasteiger partial charge is 0.0935 e. The maximum Gasteiger partial charge on any atom is 0.0935 e. The summed E-state index contributed by atoms with van der Waals surface area (Å²) in [5.41, 5.74) is 0.625. The summed E-state index contributed by atoms with van der Waals surface area (Å²) in [5, 5.41) is 10.7. The molecule has 0 aliphatic heterocycles. The number of furan rings is 1. The van der Waals surface area contributed by atoms with Gasteiger partial charge in [0.05, 0.1) is 18.1 Å². The van der Waals surface area contributed by atoms with Crippen LogP contribution in [0.3, 0.4) is 0 Å². The van der Waals surface area contributed by atoms with Crippen molar-refractivity contribution >= 4 is 0 Å². The number of hydrogen-bond donors (Lipinski definition) is 1. The molecule has 17 heavy (non-hydrogen) atoms. The second kappa shape index (κ2) is 5.26. The van der Waals surface area contributed by atoms with Crippen LogP contribution in [0.25, 0.3) is 0 Å². The zero-order valence-corrected chi connectivity index (χ0v) is 11.0. The summed E-state index contributed by atoms with van der Waals surface area (Å²) in [7, 11) is 0. The van der Waals surface area contributed by atoms with E-state index in [-0.39, 0.29) is 0 Å². The third-order valence-electron chi connectivity index (χ3n) is 3.84. The quantitative estimate of drug-likeness (QED) is 0.862. The highest BCUT2D eigenvalue weighted by Gasteiger charge is 2.34. The highest BCUT2D eigenvalue weighted by atomic mass is 16.3. The van der Waals surface area contributed by atoms with Crippen LogP contribution in [0, 0.1) is 11.8 Å².